The van der Waals surface area contributed by atoms with Crippen LogP contribution in [0, 0.1) is 11.3 Å². The number of imidazole rings is 1. The van der Waals surface area contributed by atoms with Crippen molar-refractivity contribution in [3.63, 3.8) is 0 Å². The van der Waals surface area contributed by atoms with E-state index < -0.39 is 14.6 Å². The molecule has 0 saturated carbocycles. The second kappa shape index (κ2) is 3.82. The lowest BCUT2D eigenvalue weighted by atomic mass is 10.2. The van der Waals surface area contributed by atoms with Crippen molar-refractivity contribution >= 4 is 20.9 Å². The maximum absolute atomic E-state index is 11.7. The first-order valence-corrected chi connectivity index (χ1v) is 7.25. The summed E-state index contributed by atoms with van der Waals surface area (Å²) in [6, 6.07) is 7.04. The van der Waals surface area contributed by atoms with Crippen molar-refractivity contribution in [2.75, 3.05) is 6.26 Å². The van der Waals surface area contributed by atoms with E-state index in [2.05, 4.69) is 9.97 Å². The van der Waals surface area contributed by atoms with Crippen LogP contribution in [0.1, 0.15) is 25.2 Å². The fourth-order valence-corrected chi connectivity index (χ4v) is 1.99. The summed E-state index contributed by atoms with van der Waals surface area (Å²) in [7, 11) is -3.28. The standard InChI is InChI=1S/C12H13N3O2S/c1-12(2,18(3,16)17)11-14-9-5-4-8(7-13)6-10(9)15-11/h4-6H,1-3H3,(H,14,15). The number of nitriles is 1. The number of nitrogens with zero attached hydrogens (tertiary/aromatic N) is 2. The molecule has 5 nitrogen and oxygen atoms in total. The van der Waals surface area contributed by atoms with Crippen molar-refractivity contribution in [3.05, 3.63) is 29.6 Å². The molecule has 1 heterocycles. The molecule has 0 aliphatic heterocycles. The van der Waals surface area contributed by atoms with Crippen molar-refractivity contribution in [3.8, 4) is 6.07 Å². The Morgan fingerprint density at radius 2 is 2.06 bits per heavy atom. The van der Waals surface area contributed by atoms with Gasteiger partial charge in [-0.3, -0.25) is 0 Å². The van der Waals surface area contributed by atoms with Crippen molar-refractivity contribution < 1.29 is 8.42 Å². The van der Waals surface area contributed by atoms with Crippen LogP contribution in [0.2, 0.25) is 0 Å². The van der Waals surface area contributed by atoms with Gasteiger partial charge < -0.3 is 4.98 Å². The largest absolute Gasteiger partial charge is 0.341 e. The minimum absolute atomic E-state index is 0.384. The molecular formula is C12H13N3O2S. The van der Waals surface area contributed by atoms with Crippen LogP contribution in [-0.4, -0.2) is 24.6 Å². The highest BCUT2D eigenvalue weighted by Gasteiger charge is 2.35. The van der Waals surface area contributed by atoms with E-state index >= 15 is 0 Å². The van der Waals surface area contributed by atoms with E-state index in [-0.39, 0.29) is 0 Å². The lowest BCUT2D eigenvalue weighted by molar-refractivity contribution is 0.553. The van der Waals surface area contributed by atoms with E-state index in [0.717, 1.165) is 0 Å². The Balaban J connectivity index is 2.65. The molecule has 2 rings (SSSR count). The second-order valence-corrected chi connectivity index (χ2v) is 7.28. The van der Waals surface area contributed by atoms with Crippen LogP contribution < -0.4 is 0 Å². The van der Waals surface area contributed by atoms with Gasteiger partial charge in [-0.05, 0) is 32.0 Å². The van der Waals surface area contributed by atoms with E-state index in [0.29, 0.717) is 22.4 Å². The summed E-state index contributed by atoms with van der Waals surface area (Å²) in [4.78, 5) is 7.26. The first-order chi connectivity index (χ1) is 8.25. The third-order valence-corrected chi connectivity index (χ3v) is 5.16. The van der Waals surface area contributed by atoms with Crippen LogP contribution in [0.15, 0.2) is 18.2 Å². The number of rotatable bonds is 2. The number of fused-ring (bicyclic) bond motifs is 1. The third-order valence-electron chi connectivity index (χ3n) is 3.11. The quantitative estimate of drug-likeness (QED) is 0.893. The Morgan fingerprint density at radius 1 is 1.39 bits per heavy atom. The zero-order chi connectivity index (χ0) is 13.6. The molecule has 1 aromatic carbocycles. The van der Waals surface area contributed by atoms with Crippen molar-refractivity contribution in [1.29, 1.82) is 5.26 Å². The summed E-state index contributed by atoms with van der Waals surface area (Å²) in [5.74, 6) is 0.384. The maximum Gasteiger partial charge on any atom is 0.159 e. The van der Waals surface area contributed by atoms with Crippen LogP contribution >= 0.6 is 0 Å². The van der Waals surface area contributed by atoms with Gasteiger partial charge >= 0.3 is 0 Å². The maximum atomic E-state index is 11.7. The topological polar surface area (TPSA) is 86.6 Å². The molecule has 0 spiro atoms. The van der Waals surface area contributed by atoms with Gasteiger partial charge in [-0.15, -0.1) is 0 Å². The molecule has 0 atom stereocenters. The van der Waals surface area contributed by atoms with Gasteiger partial charge in [-0.2, -0.15) is 5.26 Å². The molecule has 1 aromatic heterocycles. The first kappa shape index (κ1) is 12.6. The van der Waals surface area contributed by atoms with Crippen molar-refractivity contribution in [2.45, 2.75) is 18.6 Å². The summed E-state index contributed by atoms with van der Waals surface area (Å²) >= 11 is 0. The van der Waals surface area contributed by atoms with Gasteiger partial charge in [0.05, 0.1) is 22.7 Å². The highest BCUT2D eigenvalue weighted by Crippen LogP contribution is 2.28. The number of nitrogens with one attached hydrogen (secondary N) is 1. The summed E-state index contributed by atoms with van der Waals surface area (Å²) in [5, 5.41) is 8.81. The van der Waals surface area contributed by atoms with Gasteiger partial charge in [-0.25, -0.2) is 13.4 Å². The molecule has 0 amide bonds. The van der Waals surface area contributed by atoms with E-state index in [1.165, 1.54) is 6.26 Å². The molecule has 6 heteroatoms. The minimum Gasteiger partial charge on any atom is -0.341 e. The summed E-state index contributed by atoms with van der Waals surface area (Å²) in [6.45, 7) is 3.20. The lowest BCUT2D eigenvalue weighted by Crippen LogP contribution is -2.29. The van der Waals surface area contributed by atoms with Crippen LogP contribution in [0.5, 0.6) is 0 Å². The molecular weight excluding hydrogens is 250 g/mol. The predicted octanol–water partition coefficient (Wildman–Crippen LogP) is 1.71. The molecule has 0 saturated heterocycles. The van der Waals surface area contributed by atoms with Gasteiger partial charge in [-0.1, -0.05) is 0 Å². The van der Waals surface area contributed by atoms with E-state index in [1.54, 1.807) is 32.0 Å². The molecule has 1 N–H and O–H groups in total. The molecule has 0 aliphatic rings. The predicted molar refractivity (Wildman–Crippen MR) is 68.7 cm³/mol. The van der Waals surface area contributed by atoms with E-state index in [4.69, 9.17) is 5.26 Å². The smallest absolute Gasteiger partial charge is 0.159 e. The lowest BCUT2D eigenvalue weighted by Gasteiger charge is -2.19. The summed E-state index contributed by atoms with van der Waals surface area (Å²) in [6.07, 6.45) is 1.18. The fraction of sp³-hybridized carbons (Fsp3) is 0.333. The number of benzene rings is 1. The van der Waals surface area contributed by atoms with E-state index in [1.807, 2.05) is 6.07 Å². The van der Waals surface area contributed by atoms with Gasteiger partial charge in [0.15, 0.2) is 9.84 Å². The van der Waals surface area contributed by atoms with Gasteiger partial charge in [0.1, 0.15) is 10.6 Å². The molecule has 0 fully saturated rings. The normalized spacial score (nSPS) is 12.6. The van der Waals surface area contributed by atoms with E-state index in [9.17, 15) is 8.42 Å². The number of sulfone groups is 1. The molecule has 0 bridgehead atoms. The monoisotopic (exact) mass is 263 g/mol. The van der Waals surface area contributed by atoms with Gasteiger partial charge in [0.2, 0.25) is 0 Å². The number of hydrogen-bond acceptors (Lipinski definition) is 4. The van der Waals surface area contributed by atoms with Gasteiger partial charge in [0, 0.05) is 6.26 Å². The molecule has 2 aromatic rings. The van der Waals surface area contributed by atoms with Crippen molar-refractivity contribution in [2.24, 2.45) is 0 Å². The Bertz CT molecular complexity index is 751. The Morgan fingerprint density at radius 3 is 2.61 bits per heavy atom. The SMILES string of the molecule is CC(C)(c1nc2ccc(C#N)cc2[nH]1)S(C)(=O)=O. The zero-order valence-corrected chi connectivity index (χ0v) is 11.2. The fourth-order valence-electron chi connectivity index (χ4n) is 1.54. The molecule has 0 radical (unpaired) electrons. The van der Waals surface area contributed by atoms with Crippen LogP contribution in [0.4, 0.5) is 0 Å². The third kappa shape index (κ3) is 1.87. The van der Waals surface area contributed by atoms with Gasteiger partial charge in [0.25, 0.3) is 0 Å². The highest BCUT2D eigenvalue weighted by atomic mass is 32.2. The summed E-state index contributed by atoms with van der Waals surface area (Å²) < 4.78 is 22.4. The zero-order valence-electron chi connectivity index (χ0n) is 10.4. The highest BCUT2D eigenvalue weighted by molar-refractivity contribution is 7.91. The average molecular weight is 263 g/mol. The molecule has 94 valence electrons. The number of H-pyrrole nitrogens is 1. The molecule has 0 aliphatic carbocycles. The molecule has 18 heavy (non-hydrogen) atoms. The average Bonchev–Trinajstić information content (AvgIpc) is 2.70. The van der Waals surface area contributed by atoms with Crippen LogP contribution in [0.3, 0.4) is 0 Å². The second-order valence-electron chi connectivity index (χ2n) is 4.71. The number of hydrogen-bond donors (Lipinski definition) is 1. The number of aromatic amines is 1. The molecule has 0 unspecified atom stereocenters. The van der Waals surface area contributed by atoms with Crippen LogP contribution in [0.25, 0.3) is 11.0 Å². The minimum atomic E-state index is -3.28. The van der Waals surface area contributed by atoms with Crippen LogP contribution in [-0.2, 0) is 14.6 Å². The summed E-state index contributed by atoms with van der Waals surface area (Å²) in [5.41, 5.74) is 1.83. The Kier molecular flexibility index (Phi) is 2.67. The van der Waals surface area contributed by atoms with Crippen molar-refractivity contribution in [1.82, 2.24) is 9.97 Å². The first-order valence-electron chi connectivity index (χ1n) is 5.35. The number of aromatic nitrogens is 2. The Hall–Kier alpha value is -1.87. The Labute approximate surface area is 105 Å².